The highest BCUT2D eigenvalue weighted by Crippen LogP contribution is 2.27. The van der Waals surface area contributed by atoms with E-state index in [2.05, 4.69) is 13.5 Å². The molecule has 5 nitrogen and oxygen atoms in total. The van der Waals surface area contributed by atoms with Crippen molar-refractivity contribution in [2.24, 2.45) is 0 Å². The Labute approximate surface area is 132 Å². The predicted octanol–water partition coefficient (Wildman–Crippen LogP) is 2.62. The van der Waals surface area contributed by atoms with Crippen LogP contribution in [0.2, 0.25) is 0 Å². The van der Waals surface area contributed by atoms with Gasteiger partial charge in [0.15, 0.2) is 6.23 Å². The Hall–Kier alpha value is -1.59. The molecule has 0 saturated carbocycles. The number of hydrogen-bond donors (Lipinski definition) is 0. The molecule has 0 bridgehead atoms. The molecule has 0 aliphatic carbocycles. The maximum atomic E-state index is 12.2. The second kappa shape index (κ2) is 7.61. The summed E-state index contributed by atoms with van der Waals surface area (Å²) >= 11 is 0. The molecule has 0 aromatic rings. The van der Waals surface area contributed by atoms with E-state index in [9.17, 15) is 4.79 Å². The van der Waals surface area contributed by atoms with Crippen molar-refractivity contribution in [1.29, 1.82) is 0 Å². The lowest BCUT2D eigenvalue weighted by Gasteiger charge is -2.38. The van der Waals surface area contributed by atoms with Gasteiger partial charge in [-0.1, -0.05) is 26.5 Å². The van der Waals surface area contributed by atoms with Crippen LogP contribution in [0.25, 0.3) is 0 Å². The molecule has 0 fully saturated rings. The van der Waals surface area contributed by atoms with Crippen molar-refractivity contribution in [2.45, 2.75) is 45.9 Å². The smallest absolute Gasteiger partial charge is 0.256 e. The summed E-state index contributed by atoms with van der Waals surface area (Å²) in [6.45, 7) is 12.0. The topological polar surface area (TPSA) is 42.0 Å². The molecule has 22 heavy (non-hydrogen) atoms. The van der Waals surface area contributed by atoms with E-state index >= 15 is 0 Å². The van der Waals surface area contributed by atoms with Crippen LogP contribution in [0.15, 0.2) is 36.3 Å². The standard InChI is InChI=1S/C17H26N2O3/c1-5-9-18-14(4)19(11-13(3)17(18)20)16-8-7-15(22-16)12-21-10-6-2/h7-8,11,15-16H,4-6,9-10,12H2,1-3H3/t15-,16+/m0/s1. The van der Waals surface area contributed by atoms with Gasteiger partial charge in [-0.15, -0.1) is 0 Å². The van der Waals surface area contributed by atoms with Crippen molar-refractivity contribution < 1.29 is 14.3 Å². The quantitative estimate of drug-likeness (QED) is 0.535. The normalized spacial score (nSPS) is 25.1. The summed E-state index contributed by atoms with van der Waals surface area (Å²) in [5, 5.41) is 0. The summed E-state index contributed by atoms with van der Waals surface area (Å²) in [7, 11) is 0. The molecule has 2 aliphatic rings. The van der Waals surface area contributed by atoms with Gasteiger partial charge in [0.25, 0.3) is 5.91 Å². The Kier molecular flexibility index (Phi) is 5.80. The van der Waals surface area contributed by atoms with Crippen LogP contribution in [0.1, 0.15) is 33.6 Å². The minimum absolute atomic E-state index is 0.0212. The lowest BCUT2D eigenvalue weighted by molar-refractivity contribution is -0.129. The second-order valence-electron chi connectivity index (χ2n) is 5.62. The molecule has 0 radical (unpaired) electrons. The van der Waals surface area contributed by atoms with Crippen LogP contribution in [-0.2, 0) is 14.3 Å². The van der Waals surface area contributed by atoms with Gasteiger partial charge in [-0.3, -0.25) is 9.69 Å². The Balaban J connectivity index is 2.02. The summed E-state index contributed by atoms with van der Waals surface area (Å²) in [4.78, 5) is 15.9. The third kappa shape index (κ3) is 3.59. The van der Waals surface area contributed by atoms with E-state index in [1.54, 1.807) is 4.90 Å². The predicted molar refractivity (Wildman–Crippen MR) is 85.7 cm³/mol. The third-order valence-electron chi connectivity index (χ3n) is 3.68. The van der Waals surface area contributed by atoms with E-state index in [1.165, 1.54) is 0 Å². The zero-order chi connectivity index (χ0) is 16.1. The fourth-order valence-electron chi connectivity index (χ4n) is 2.57. The number of hydrogen-bond acceptors (Lipinski definition) is 4. The van der Waals surface area contributed by atoms with Crippen LogP contribution in [0.3, 0.4) is 0 Å². The fourth-order valence-corrected chi connectivity index (χ4v) is 2.57. The Morgan fingerprint density at radius 1 is 1.32 bits per heavy atom. The van der Waals surface area contributed by atoms with E-state index in [0.29, 0.717) is 24.5 Å². The first-order valence-corrected chi connectivity index (χ1v) is 7.97. The van der Waals surface area contributed by atoms with E-state index in [1.807, 2.05) is 37.1 Å². The van der Waals surface area contributed by atoms with Crippen molar-refractivity contribution >= 4 is 5.91 Å². The van der Waals surface area contributed by atoms with Gasteiger partial charge in [0.1, 0.15) is 11.9 Å². The molecular weight excluding hydrogens is 280 g/mol. The van der Waals surface area contributed by atoms with Crippen molar-refractivity contribution in [3.63, 3.8) is 0 Å². The second-order valence-corrected chi connectivity index (χ2v) is 5.62. The largest absolute Gasteiger partial charge is 0.378 e. The highest BCUT2D eigenvalue weighted by molar-refractivity contribution is 5.94. The maximum Gasteiger partial charge on any atom is 0.256 e. The van der Waals surface area contributed by atoms with Crippen LogP contribution in [0.4, 0.5) is 0 Å². The van der Waals surface area contributed by atoms with Gasteiger partial charge >= 0.3 is 0 Å². The Morgan fingerprint density at radius 2 is 2.09 bits per heavy atom. The molecular formula is C17H26N2O3. The SMILES string of the molecule is C=C1N(CCC)C(=O)C(C)=CN1[C@H]1C=C[C@@H](COCCC)O1. The van der Waals surface area contributed by atoms with E-state index in [4.69, 9.17) is 9.47 Å². The van der Waals surface area contributed by atoms with Crippen LogP contribution in [-0.4, -0.2) is 47.8 Å². The molecule has 2 aliphatic heterocycles. The van der Waals surface area contributed by atoms with Crippen molar-refractivity contribution in [3.8, 4) is 0 Å². The molecule has 0 aromatic carbocycles. The maximum absolute atomic E-state index is 12.2. The first-order valence-electron chi connectivity index (χ1n) is 7.97. The van der Waals surface area contributed by atoms with Gasteiger partial charge < -0.3 is 14.4 Å². The Morgan fingerprint density at radius 3 is 2.77 bits per heavy atom. The van der Waals surface area contributed by atoms with Crippen LogP contribution >= 0.6 is 0 Å². The molecule has 0 unspecified atom stereocenters. The third-order valence-corrected chi connectivity index (χ3v) is 3.68. The monoisotopic (exact) mass is 306 g/mol. The van der Waals surface area contributed by atoms with Gasteiger partial charge in [-0.2, -0.15) is 0 Å². The molecule has 1 amide bonds. The number of carbonyl (C=O) groups excluding carboxylic acids is 1. The minimum Gasteiger partial charge on any atom is -0.378 e. The highest BCUT2D eigenvalue weighted by atomic mass is 16.5. The van der Waals surface area contributed by atoms with Gasteiger partial charge in [0, 0.05) is 24.9 Å². The molecule has 2 rings (SSSR count). The van der Waals surface area contributed by atoms with Gasteiger partial charge in [-0.05, 0) is 25.8 Å². The van der Waals surface area contributed by atoms with E-state index in [0.717, 1.165) is 19.4 Å². The van der Waals surface area contributed by atoms with Crippen molar-refractivity contribution in [1.82, 2.24) is 9.80 Å². The van der Waals surface area contributed by atoms with Crippen LogP contribution in [0.5, 0.6) is 0 Å². The lowest BCUT2D eigenvalue weighted by atomic mass is 10.2. The number of amides is 1. The first-order chi connectivity index (χ1) is 10.6. The van der Waals surface area contributed by atoms with Crippen molar-refractivity contribution in [3.05, 3.63) is 36.3 Å². The molecule has 0 saturated heterocycles. The molecule has 5 heteroatoms. The molecule has 0 aromatic heterocycles. The fraction of sp³-hybridized carbons (Fsp3) is 0.588. The van der Waals surface area contributed by atoms with Gasteiger partial charge in [0.2, 0.25) is 0 Å². The summed E-state index contributed by atoms with van der Waals surface area (Å²) in [5.74, 6) is 0.690. The molecule has 2 atom stereocenters. The summed E-state index contributed by atoms with van der Waals surface area (Å²) in [6.07, 6.45) is 7.44. The number of ether oxygens (including phenoxy) is 2. The van der Waals surface area contributed by atoms with E-state index < -0.39 is 0 Å². The summed E-state index contributed by atoms with van der Waals surface area (Å²) in [5.41, 5.74) is 0.698. The van der Waals surface area contributed by atoms with Crippen molar-refractivity contribution in [2.75, 3.05) is 19.8 Å². The first kappa shape index (κ1) is 16.8. The summed E-state index contributed by atoms with van der Waals surface area (Å²) in [6, 6.07) is 0. The van der Waals surface area contributed by atoms with Gasteiger partial charge in [0.05, 0.1) is 6.61 Å². The minimum atomic E-state index is -0.231. The number of carbonyl (C=O) groups is 1. The van der Waals surface area contributed by atoms with Crippen LogP contribution in [0, 0.1) is 0 Å². The van der Waals surface area contributed by atoms with Crippen LogP contribution < -0.4 is 0 Å². The average molecular weight is 306 g/mol. The average Bonchev–Trinajstić information content (AvgIpc) is 2.96. The number of rotatable bonds is 7. The highest BCUT2D eigenvalue weighted by Gasteiger charge is 2.32. The zero-order valence-corrected chi connectivity index (χ0v) is 13.7. The molecule has 2 heterocycles. The molecule has 122 valence electrons. The summed E-state index contributed by atoms with van der Waals surface area (Å²) < 4.78 is 11.5. The molecule has 0 spiro atoms. The Bertz CT molecular complexity index is 484. The van der Waals surface area contributed by atoms with E-state index in [-0.39, 0.29) is 18.2 Å². The lowest BCUT2D eigenvalue weighted by Crippen LogP contribution is -2.45. The molecule has 0 N–H and O–H groups in total. The number of nitrogens with zero attached hydrogens (tertiary/aromatic N) is 2. The van der Waals surface area contributed by atoms with Gasteiger partial charge in [-0.25, -0.2) is 0 Å². The zero-order valence-electron chi connectivity index (χ0n) is 13.7.